The Hall–Kier alpha value is -2.41. The molecule has 1 aromatic rings. The van der Waals surface area contributed by atoms with E-state index in [1.165, 1.54) is 15.9 Å². The number of phenolic OH excluding ortho intramolecular Hbond substituents is 1. The smallest absolute Gasteiger partial charge is 0.265 e. The summed E-state index contributed by atoms with van der Waals surface area (Å²) >= 11 is 5.21. The minimum Gasteiger partial charge on any atom is -0.504 e. The molecule has 1 fully saturated rings. The van der Waals surface area contributed by atoms with Crippen molar-refractivity contribution in [2.24, 2.45) is 0 Å². The number of thiocarbonyl (C=S) groups is 1. The maximum Gasteiger partial charge on any atom is 0.265 e. The molecule has 0 aliphatic carbocycles. The van der Waals surface area contributed by atoms with E-state index < -0.39 is 11.8 Å². The van der Waals surface area contributed by atoms with E-state index in [1.807, 2.05) is 0 Å². The first-order valence-electron chi connectivity index (χ1n) is 7.80. The molecule has 1 aliphatic rings. The van der Waals surface area contributed by atoms with Gasteiger partial charge < -0.3 is 9.84 Å². The van der Waals surface area contributed by atoms with Crippen LogP contribution in [0, 0.1) is 0 Å². The largest absolute Gasteiger partial charge is 0.504 e. The summed E-state index contributed by atoms with van der Waals surface area (Å²) in [5.74, 6) is -0.721. The highest BCUT2D eigenvalue weighted by molar-refractivity contribution is 7.80. The number of amides is 2. The summed E-state index contributed by atoms with van der Waals surface area (Å²) in [6, 6.07) is 4.93. The number of benzene rings is 1. The third-order valence-electron chi connectivity index (χ3n) is 3.68. The molecule has 2 amide bonds. The Kier molecular flexibility index (Phi) is 5.56. The number of likely N-dealkylation sites (N-methyl/N-ethyl adjacent to an activating group) is 2. The molecule has 2 rings (SSSR count). The SMILES string of the molecule is CCOc1cccc(C=C2C(=O)N(CC)C(=S)N(CC)C2=O)c1O. The van der Waals surface area contributed by atoms with Crippen LogP contribution in [0.4, 0.5) is 0 Å². The van der Waals surface area contributed by atoms with Crippen LogP contribution < -0.4 is 4.74 Å². The van der Waals surface area contributed by atoms with Crippen LogP contribution in [0.3, 0.4) is 0 Å². The molecule has 1 heterocycles. The Morgan fingerprint density at radius 1 is 1.12 bits per heavy atom. The molecule has 7 heteroatoms. The second-order valence-corrected chi connectivity index (χ2v) is 5.43. The number of nitrogens with zero attached hydrogens (tertiary/aromatic N) is 2. The van der Waals surface area contributed by atoms with Crippen LogP contribution >= 0.6 is 12.2 Å². The fourth-order valence-electron chi connectivity index (χ4n) is 2.47. The molecule has 1 saturated heterocycles. The van der Waals surface area contributed by atoms with E-state index in [-0.39, 0.29) is 16.4 Å². The van der Waals surface area contributed by atoms with E-state index >= 15 is 0 Å². The van der Waals surface area contributed by atoms with E-state index in [2.05, 4.69) is 0 Å². The molecular formula is C17H20N2O4S. The highest BCUT2D eigenvalue weighted by Crippen LogP contribution is 2.32. The topological polar surface area (TPSA) is 70.1 Å². The number of hydrogen-bond donors (Lipinski definition) is 1. The lowest BCUT2D eigenvalue weighted by atomic mass is 10.1. The Morgan fingerprint density at radius 3 is 2.21 bits per heavy atom. The molecule has 0 saturated carbocycles. The average Bonchev–Trinajstić information content (AvgIpc) is 2.56. The zero-order valence-corrected chi connectivity index (χ0v) is 14.7. The zero-order chi connectivity index (χ0) is 17.9. The summed E-state index contributed by atoms with van der Waals surface area (Å²) < 4.78 is 5.33. The van der Waals surface area contributed by atoms with Crippen LogP contribution in [0.2, 0.25) is 0 Å². The Labute approximate surface area is 146 Å². The normalized spacial score (nSPS) is 15.1. The number of ether oxygens (including phenoxy) is 1. The monoisotopic (exact) mass is 348 g/mol. The van der Waals surface area contributed by atoms with Gasteiger partial charge in [0.2, 0.25) is 0 Å². The summed E-state index contributed by atoms with van der Waals surface area (Å²) in [7, 11) is 0. The number of phenols is 1. The predicted molar refractivity (Wildman–Crippen MR) is 94.6 cm³/mol. The first-order valence-corrected chi connectivity index (χ1v) is 8.21. The number of para-hydroxylation sites is 1. The molecule has 1 N–H and O–H groups in total. The van der Waals surface area contributed by atoms with Crippen molar-refractivity contribution >= 4 is 35.2 Å². The van der Waals surface area contributed by atoms with E-state index in [4.69, 9.17) is 17.0 Å². The van der Waals surface area contributed by atoms with Gasteiger partial charge in [-0.25, -0.2) is 0 Å². The van der Waals surface area contributed by atoms with Gasteiger partial charge >= 0.3 is 0 Å². The standard InChI is InChI=1S/C17H20N2O4S/c1-4-18-15(21)12(16(22)19(5-2)17(18)24)10-11-8-7-9-13(14(11)20)23-6-3/h7-10,20H,4-6H2,1-3H3. The summed E-state index contributed by atoms with van der Waals surface area (Å²) in [5.41, 5.74) is 0.314. The number of hydrogen-bond acceptors (Lipinski definition) is 5. The van der Waals surface area contributed by atoms with Crippen LogP contribution in [0.5, 0.6) is 11.5 Å². The zero-order valence-electron chi connectivity index (χ0n) is 13.9. The molecule has 1 aliphatic heterocycles. The van der Waals surface area contributed by atoms with Gasteiger partial charge in [0.1, 0.15) is 5.57 Å². The molecule has 1 aromatic carbocycles. The van der Waals surface area contributed by atoms with Crippen molar-refractivity contribution in [2.45, 2.75) is 20.8 Å². The van der Waals surface area contributed by atoms with Crippen molar-refractivity contribution in [3.8, 4) is 11.5 Å². The first-order chi connectivity index (χ1) is 11.5. The van der Waals surface area contributed by atoms with Crippen molar-refractivity contribution in [1.29, 1.82) is 0 Å². The van der Waals surface area contributed by atoms with Gasteiger partial charge in [-0.2, -0.15) is 0 Å². The third-order valence-corrected chi connectivity index (χ3v) is 4.12. The number of rotatable bonds is 5. The quantitative estimate of drug-likeness (QED) is 0.502. The lowest BCUT2D eigenvalue weighted by Crippen LogP contribution is -2.55. The van der Waals surface area contributed by atoms with E-state index in [9.17, 15) is 14.7 Å². The molecule has 0 aromatic heterocycles. The second kappa shape index (κ2) is 7.44. The molecule has 0 spiro atoms. The fourth-order valence-corrected chi connectivity index (χ4v) is 2.89. The van der Waals surface area contributed by atoms with Gasteiger partial charge in [-0.05, 0) is 45.1 Å². The molecule has 128 valence electrons. The first kappa shape index (κ1) is 17.9. The summed E-state index contributed by atoms with van der Waals surface area (Å²) in [6.07, 6.45) is 1.38. The maximum atomic E-state index is 12.6. The van der Waals surface area contributed by atoms with Crippen molar-refractivity contribution in [3.63, 3.8) is 0 Å². The summed E-state index contributed by atoms with van der Waals surface area (Å²) in [6.45, 7) is 6.51. The Morgan fingerprint density at radius 2 is 1.71 bits per heavy atom. The van der Waals surface area contributed by atoms with Crippen molar-refractivity contribution in [1.82, 2.24) is 9.80 Å². The van der Waals surface area contributed by atoms with Gasteiger partial charge in [-0.1, -0.05) is 12.1 Å². The lowest BCUT2D eigenvalue weighted by molar-refractivity contribution is -0.133. The summed E-state index contributed by atoms with van der Waals surface area (Å²) in [5, 5.41) is 10.5. The molecule has 24 heavy (non-hydrogen) atoms. The van der Waals surface area contributed by atoms with Gasteiger partial charge in [0, 0.05) is 18.7 Å². The number of carbonyl (C=O) groups excluding carboxylic acids is 2. The molecule has 0 unspecified atom stereocenters. The van der Waals surface area contributed by atoms with Gasteiger partial charge in [-0.3, -0.25) is 19.4 Å². The molecule has 0 radical (unpaired) electrons. The Balaban J connectivity index is 2.51. The molecule has 6 nitrogen and oxygen atoms in total. The van der Waals surface area contributed by atoms with Crippen LogP contribution in [-0.2, 0) is 9.59 Å². The number of carbonyl (C=O) groups is 2. The van der Waals surface area contributed by atoms with Crippen LogP contribution in [0.15, 0.2) is 23.8 Å². The van der Waals surface area contributed by atoms with Gasteiger partial charge in [0.15, 0.2) is 16.6 Å². The highest BCUT2D eigenvalue weighted by Gasteiger charge is 2.37. The third kappa shape index (κ3) is 3.12. The summed E-state index contributed by atoms with van der Waals surface area (Å²) in [4.78, 5) is 27.9. The van der Waals surface area contributed by atoms with Crippen molar-refractivity contribution in [3.05, 3.63) is 29.3 Å². The minimum atomic E-state index is -0.460. The average molecular weight is 348 g/mol. The highest BCUT2D eigenvalue weighted by atomic mass is 32.1. The lowest BCUT2D eigenvalue weighted by Gasteiger charge is -2.35. The van der Waals surface area contributed by atoms with Gasteiger partial charge in [0.25, 0.3) is 11.8 Å². The Bertz CT molecular complexity index is 687. The maximum absolute atomic E-state index is 12.6. The van der Waals surface area contributed by atoms with Gasteiger partial charge in [-0.15, -0.1) is 0 Å². The van der Waals surface area contributed by atoms with Crippen molar-refractivity contribution in [2.75, 3.05) is 19.7 Å². The van der Waals surface area contributed by atoms with Crippen LogP contribution in [0.25, 0.3) is 6.08 Å². The predicted octanol–water partition coefficient (Wildman–Crippen LogP) is 2.17. The van der Waals surface area contributed by atoms with Crippen molar-refractivity contribution < 1.29 is 19.4 Å². The second-order valence-electron chi connectivity index (χ2n) is 5.07. The minimum absolute atomic E-state index is 0.0313. The molecule has 0 bridgehead atoms. The van der Waals surface area contributed by atoms with E-state index in [0.717, 1.165) is 0 Å². The fraction of sp³-hybridized carbons (Fsp3) is 0.353. The van der Waals surface area contributed by atoms with Crippen LogP contribution in [-0.4, -0.2) is 51.5 Å². The van der Waals surface area contributed by atoms with E-state index in [0.29, 0.717) is 31.0 Å². The molecular weight excluding hydrogens is 328 g/mol. The van der Waals surface area contributed by atoms with E-state index in [1.54, 1.807) is 39.0 Å². The van der Waals surface area contributed by atoms with Crippen LogP contribution in [0.1, 0.15) is 26.3 Å². The number of aromatic hydroxyl groups is 1. The molecule has 0 atom stereocenters. The van der Waals surface area contributed by atoms with Gasteiger partial charge in [0.05, 0.1) is 6.61 Å².